The standard InChI is InChI=1S/C14H23N3O3/c1-18-9-10-20-8-7-16-14(15)17-13-6-4-3-5-12(13)11-19-2/h3-6H,7-11H2,1-2H3,(H3,15,16,17). The van der Waals surface area contributed by atoms with Gasteiger partial charge < -0.3 is 25.3 Å². The van der Waals surface area contributed by atoms with Crippen molar-refractivity contribution in [3.63, 3.8) is 0 Å². The highest BCUT2D eigenvalue weighted by Gasteiger charge is 2.02. The molecule has 0 aromatic heterocycles. The molecule has 6 heteroatoms. The highest BCUT2D eigenvalue weighted by Crippen LogP contribution is 2.15. The molecule has 0 bridgehead atoms. The van der Waals surface area contributed by atoms with Crippen LogP contribution in [0.5, 0.6) is 0 Å². The van der Waals surface area contributed by atoms with Gasteiger partial charge in [-0.1, -0.05) is 18.2 Å². The second-order valence-electron chi connectivity index (χ2n) is 4.09. The number of nitrogens with one attached hydrogen (secondary N) is 1. The van der Waals surface area contributed by atoms with Crippen LogP contribution in [0.15, 0.2) is 29.3 Å². The molecule has 0 saturated heterocycles. The Hall–Kier alpha value is -1.63. The lowest BCUT2D eigenvalue weighted by molar-refractivity contribution is 0.0748. The molecule has 0 aliphatic heterocycles. The van der Waals surface area contributed by atoms with E-state index in [2.05, 4.69) is 10.3 Å². The van der Waals surface area contributed by atoms with Gasteiger partial charge in [0.15, 0.2) is 5.96 Å². The van der Waals surface area contributed by atoms with Gasteiger partial charge in [0.25, 0.3) is 0 Å². The Balaban J connectivity index is 2.39. The molecule has 0 unspecified atom stereocenters. The molecule has 0 heterocycles. The summed E-state index contributed by atoms with van der Waals surface area (Å²) < 4.78 is 15.3. The lowest BCUT2D eigenvalue weighted by Crippen LogP contribution is -2.24. The van der Waals surface area contributed by atoms with Crippen LogP contribution in [-0.4, -0.2) is 46.5 Å². The molecule has 6 nitrogen and oxygen atoms in total. The van der Waals surface area contributed by atoms with Crippen molar-refractivity contribution >= 4 is 11.6 Å². The number of nitrogens with two attached hydrogens (primary N) is 1. The molecule has 0 fully saturated rings. The smallest absolute Gasteiger partial charge is 0.193 e. The molecule has 0 atom stereocenters. The third kappa shape index (κ3) is 6.51. The zero-order valence-electron chi connectivity index (χ0n) is 12.1. The number of hydrogen-bond donors (Lipinski definition) is 2. The van der Waals surface area contributed by atoms with Crippen molar-refractivity contribution in [2.75, 3.05) is 45.9 Å². The first kappa shape index (κ1) is 16.4. The number of hydrogen-bond acceptors (Lipinski definition) is 4. The summed E-state index contributed by atoms with van der Waals surface area (Å²) in [4.78, 5) is 4.20. The fourth-order valence-corrected chi connectivity index (χ4v) is 1.58. The lowest BCUT2D eigenvalue weighted by Gasteiger charge is -2.10. The zero-order valence-corrected chi connectivity index (χ0v) is 12.1. The molecule has 0 aliphatic carbocycles. The predicted octanol–water partition coefficient (Wildman–Crippen LogP) is 1.22. The molecule has 0 saturated carbocycles. The molecule has 1 aromatic carbocycles. The average Bonchev–Trinajstić information content (AvgIpc) is 2.45. The van der Waals surface area contributed by atoms with Crippen molar-refractivity contribution in [3.05, 3.63) is 29.8 Å². The lowest BCUT2D eigenvalue weighted by atomic mass is 10.2. The summed E-state index contributed by atoms with van der Waals surface area (Å²) >= 11 is 0. The van der Waals surface area contributed by atoms with Crippen LogP contribution in [0.25, 0.3) is 0 Å². The van der Waals surface area contributed by atoms with E-state index in [1.54, 1.807) is 14.2 Å². The van der Waals surface area contributed by atoms with E-state index in [1.807, 2.05) is 24.3 Å². The number of benzene rings is 1. The van der Waals surface area contributed by atoms with Crippen LogP contribution in [0.4, 0.5) is 5.69 Å². The Morgan fingerprint density at radius 1 is 1.15 bits per heavy atom. The third-order valence-electron chi connectivity index (χ3n) is 2.53. The van der Waals surface area contributed by atoms with Crippen LogP contribution in [0.1, 0.15) is 5.56 Å². The summed E-state index contributed by atoms with van der Waals surface area (Å²) in [7, 11) is 3.30. The Labute approximate surface area is 119 Å². The van der Waals surface area contributed by atoms with Gasteiger partial charge in [0.05, 0.1) is 33.0 Å². The largest absolute Gasteiger partial charge is 0.382 e. The maximum Gasteiger partial charge on any atom is 0.193 e. The second kappa shape index (κ2) is 10.2. The number of guanidine groups is 1. The molecule has 0 amide bonds. The summed E-state index contributed by atoms with van der Waals surface area (Å²) in [5, 5.41) is 3.06. The van der Waals surface area contributed by atoms with Gasteiger partial charge in [-0.25, -0.2) is 0 Å². The Morgan fingerprint density at radius 2 is 1.95 bits per heavy atom. The van der Waals surface area contributed by atoms with E-state index in [0.29, 0.717) is 38.9 Å². The van der Waals surface area contributed by atoms with Gasteiger partial charge >= 0.3 is 0 Å². The van der Waals surface area contributed by atoms with Gasteiger partial charge in [0.2, 0.25) is 0 Å². The molecular weight excluding hydrogens is 258 g/mol. The van der Waals surface area contributed by atoms with E-state index < -0.39 is 0 Å². The molecule has 112 valence electrons. The fourth-order valence-electron chi connectivity index (χ4n) is 1.58. The Kier molecular flexibility index (Phi) is 8.37. The zero-order chi connectivity index (χ0) is 14.6. The Bertz CT molecular complexity index is 410. The molecule has 20 heavy (non-hydrogen) atoms. The summed E-state index contributed by atoms with van der Waals surface area (Å²) in [6.07, 6.45) is 0. The van der Waals surface area contributed by atoms with E-state index in [0.717, 1.165) is 11.3 Å². The number of aliphatic imine (C=N–C) groups is 1. The maximum atomic E-state index is 5.83. The van der Waals surface area contributed by atoms with E-state index in [-0.39, 0.29) is 0 Å². The highest BCUT2D eigenvalue weighted by atomic mass is 16.5. The first-order valence-electron chi connectivity index (χ1n) is 6.48. The van der Waals surface area contributed by atoms with E-state index in [1.165, 1.54) is 0 Å². The van der Waals surface area contributed by atoms with Crippen molar-refractivity contribution in [2.45, 2.75) is 6.61 Å². The fraction of sp³-hybridized carbons (Fsp3) is 0.500. The first-order chi connectivity index (χ1) is 9.77. The van der Waals surface area contributed by atoms with Gasteiger partial charge in [-0.15, -0.1) is 0 Å². The number of para-hydroxylation sites is 1. The number of rotatable bonds is 9. The highest BCUT2D eigenvalue weighted by molar-refractivity contribution is 5.92. The monoisotopic (exact) mass is 281 g/mol. The molecular formula is C14H23N3O3. The third-order valence-corrected chi connectivity index (χ3v) is 2.53. The minimum atomic E-state index is 0.365. The Morgan fingerprint density at radius 3 is 2.70 bits per heavy atom. The van der Waals surface area contributed by atoms with Gasteiger partial charge in [0, 0.05) is 25.5 Å². The van der Waals surface area contributed by atoms with E-state index >= 15 is 0 Å². The molecule has 1 rings (SSSR count). The number of anilines is 1. The number of ether oxygens (including phenoxy) is 3. The molecule has 1 aromatic rings. The molecule has 0 radical (unpaired) electrons. The van der Waals surface area contributed by atoms with E-state index in [9.17, 15) is 0 Å². The second-order valence-corrected chi connectivity index (χ2v) is 4.09. The van der Waals surface area contributed by atoms with Crippen LogP contribution < -0.4 is 11.1 Å². The van der Waals surface area contributed by atoms with Gasteiger partial charge in [-0.05, 0) is 6.07 Å². The number of nitrogens with zero attached hydrogens (tertiary/aromatic N) is 1. The maximum absolute atomic E-state index is 5.83. The van der Waals surface area contributed by atoms with Crippen LogP contribution >= 0.6 is 0 Å². The van der Waals surface area contributed by atoms with Crippen molar-refractivity contribution in [1.29, 1.82) is 0 Å². The van der Waals surface area contributed by atoms with Crippen molar-refractivity contribution in [2.24, 2.45) is 10.7 Å². The van der Waals surface area contributed by atoms with Crippen LogP contribution in [-0.2, 0) is 20.8 Å². The summed E-state index contributed by atoms with van der Waals surface area (Å²) in [5.74, 6) is 0.365. The van der Waals surface area contributed by atoms with Crippen LogP contribution in [0.2, 0.25) is 0 Å². The van der Waals surface area contributed by atoms with Gasteiger partial charge in [0.1, 0.15) is 0 Å². The van der Waals surface area contributed by atoms with Crippen LogP contribution in [0, 0.1) is 0 Å². The summed E-state index contributed by atoms with van der Waals surface area (Å²) in [6, 6.07) is 7.80. The minimum Gasteiger partial charge on any atom is -0.382 e. The topological polar surface area (TPSA) is 78.1 Å². The summed E-state index contributed by atoms with van der Waals surface area (Å²) in [5.41, 5.74) is 7.76. The van der Waals surface area contributed by atoms with Crippen molar-refractivity contribution in [1.82, 2.24) is 0 Å². The first-order valence-corrected chi connectivity index (χ1v) is 6.48. The SMILES string of the molecule is COCCOCCN=C(N)Nc1ccccc1COC. The normalized spacial score (nSPS) is 11.6. The van der Waals surface area contributed by atoms with E-state index in [4.69, 9.17) is 19.9 Å². The van der Waals surface area contributed by atoms with Crippen LogP contribution in [0.3, 0.4) is 0 Å². The van der Waals surface area contributed by atoms with Gasteiger partial charge in [-0.2, -0.15) is 0 Å². The average molecular weight is 281 g/mol. The molecule has 0 aliphatic rings. The molecule has 3 N–H and O–H groups in total. The minimum absolute atomic E-state index is 0.365. The summed E-state index contributed by atoms with van der Waals surface area (Å²) in [6.45, 7) is 2.70. The number of methoxy groups -OCH3 is 2. The quantitative estimate of drug-likeness (QED) is 0.404. The van der Waals surface area contributed by atoms with Crippen molar-refractivity contribution in [3.8, 4) is 0 Å². The van der Waals surface area contributed by atoms with Crippen molar-refractivity contribution < 1.29 is 14.2 Å². The van der Waals surface area contributed by atoms with Gasteiger partial charge in [-0.3, -0.25) is 4.99 Å². The molecule has 0 spiro atoms. The predicted molar refractivity (Wildman–Crippen MR) is 80.0 cm³/mol.